The second-order valence-corrected chi connectivity index (χ2v) is 5.80. The normalized spacial score (nSPS) is 13.4. The predicted octanol–water partition coefficient (Wildman–Crippen LogP) is 4.44. The molecule has 2 rings (SSSR count). The third-order valence-corrected chi connectivity index (χ3v) is 3.82. The van der Waals surface area contributed by atoms with Crippen molar-refractivity contribution in [2.45, 2.75) is 25.9 Å². The number of carbonyl (C=O) groups excluding carboxylic acids is 1. The van der Waals surface area contributed by atoms with Crippen molar-refractivity contribution < 1.29 is 18.0 Å². The van der Waals surface area contributed by atoms with Crippen molar-refractivity contribution in [1.29, 1.82) is 0 Å². The number of hydrogen-bond acceptors (Lipinski definition) is 2. The van der Waals surface area contributed by atoms with E-state index >= 15 is 0 Å². The highest BCUT2D eigenvalue weighted by Crippen LogP contribution is 2.23. The highest BCUT2D eigenvalue weighted by Gasteiger charge is 2.19. The first-order chi connectivity index (χ1) is 11.3. The smallest absolute Gasteiger partial charge is 0.241 e. The van der Waals surface area contributed by atoms with E-state index in [0.29, 0.717) is 0 Å². The fourth-order valence-corrected chi connectivity index (χ4v) is 2.44. The molecule has 0 spiro atoms. The summed E-state index contributed by atoms with van der Waals surface area (Å²) in [6.07, 6.45) is 0. The number of benzene rings is 2. The zero-order valence-corrected chi connectivity index (χ0v) is 13.8. The standard InChI is InChI=1S/C17H16ClF3N2O/c1-9(13-5-3-12(20)8-15(13)21)22-10(2)17(24)23-16-6-4-11(19)7-14(16)18/h3-10,22H,1-2H3,(H,23,24)/t9-,10-/m1/s1. The van der Waals surface area contributed by atoms with E-state index in [1.54, 1.807) is 13.8 Å². The zero-order valence-electron chi connectivity index (χ0n) is 13.0. The summed E-state index contributed by atoms with van der Waals surface area (Å²) < 4.78 is 39.7. The average molecular weight is 357 g/mol. The molecule has 3 nitrogen and oxygen atoms in total. The number of anilines is 1. The second-order valence-electron chi connectivity index (χ2n) is 5.39. The van der Waals surface area contributed by atoms with Gasteiger partial charge in [0.05, 0.1) is 16.8 Å². The van der Waals surface area contributed by atoms with Crippen molar-refractivity contribution in [1.82, 2.24) is 5.32 Å². The van der Waals surface area contributed by atoms with E-state index in [-0.39, 0.29) is 16.3 Å². The first-order valence-electron chi connectivity index (χ1n) is 7.25. The van der Waals surface area contributed by atoms with Gasteiger partial charge in [-0.15, -0.1) is 0 Å². The molecule has 0 saturated carbocycles. The van der Waals surface area contributed by atoms with Gasteiger partial charge in [-0.05, 0) is 38.1 Å². The van der Waals surface area contributed by atoms with Gasteiger partial charge in [-0.25, -0.2) is 13.2 Å². The minimum Gasteiger partial charge on any atom is -0.323 e. The number of amides is 1. The largest absolute Gasteiger partial charge is 0.323 e. The molecule has 0 saturated heterocycles. The lowest BCUT2D eigenvalue weighted by molar-refractivity contribution is -0.117. The Morgan fingerprint density at radius 1 is 1.04 bits per heavy atom. The van der Waals surface area contributed by atoms with Crippen LogP contribution in [-0.4, -0.2) is 11.9 Å². The van der Waals surface area contributed by atoms with Crippen LogP contribution in [0.25, 0.3) is 0 Å². The number of hydrogen-bond donors (Lipinski definition) is 2. The summed E-state index contributed by atoms with van der Waals surface area (Å²) in [7, 11) is 0. The van der Waals surface area contributed by atoms with Gasteiger partial charge in [0.2, 0.25) is 5.91 Å². The number of rotatable bonds is 5. The molecule has 24 heavy (non-hydrogen) atoms. The summed E-state index contributed by atoms with van der Waals surface area (Å²) >= 11 is 5.86. The monoisotopic (exact) mass is 356 g/mol. The van der Waals surface area contributed by atoms with Crippen molar-refractivity contribution in [3.63, 3.8) is 0 Å². The molecule has 0 heterocycles. The van der Waals surface area contributed by atoms with Crippen LogP contribution in [0.15, 0.2) is 36.4 Å². The molecule has 0 unspecified atom stereocenters. The fraction of sp³-hybridized carbons (Fsp3) is 0.235. The summed E-state index contributed by atoms with van der Waals surface area (Å²) in [6.45, 7) is 3.25. The predicted molar refractivity (Wildman–Crippen MR) is 87.4 cm³/mol. The molecule has 0 bridgehead atoms. The minimum atomic E-state index is -0.691. The van der Waals surface area contributed by atoms with Crippen molar-refractivity contribution in [3.05, 3.63) is 64.4 Å². The molecule has 7 heteroatoms. The second kappa shape index (κ2) is 7.68. The molecule has 2 aromatic carbocycles. The van der Waals surface area contributed by atoms with Gasteiger partial charge < -0.3 is 5.32 Å². The Hall–Kier alpha value is -2.05. The van der Waals surface area contributed by atoms with E-state index < -0.39 is 35.4 Å². The lowest BCUT2D eigenvalue weighted by Crippen LogP contribution is -2.39. The quantitative estimate of drug-likeness (QED) is 0.831. The average Bonchev–Trinajstić information content (AvgIpc) is 2.49. The molecular weight excluding hydrogens is 341 g/mol. The Kier molecular flexibility index (Phi) is 5.85. The number of carbonyl (C=O) groups is 1. The summed E-state index contributed by atoms with van der Waals surface area (Å²) in [5.41, 5.74) is 0.521. The topological polar surface area (TPSA) is 41.1 Å². The first kappa shape index (κ1) is 18.3. The SMILES string of the molecule is C[C@@H](N[C@H](C)c1ccc(F)cc1F)C(=O)Nc1ccc(F)cc1Cl. The molecule has 2 atom stereocenters. The maximum atomic E-state index is 13.8. The minimum absolute atomic E-state index is 0.0770. The lowest BCUT2D eigenvalue weighted by atomic mass is 10.1. The van der Waals surface area contributed by atoms with E-state index in [9.17, 15) is 18.0 Å². The molecule has 1 amide bonds. The molecule has 2 N–H and O–H groups in total. The maximum Gasteiger partial charge on any atom is 0.241 e. The highest BCUT2D eigenvalue weighted by molar-refractivity contribution is 6.33. The van der Waals surface area contributed by atoms with Gasteiger partial charge in [-0.1, -0.05) is 17.7 Å². The van der Waals surface area contributed by atoms with Crippen LogP contribution in [0.2, 0.25) is 5.02 Å². The van der Waals surface area contributed by atoms with Crippen LogP contribution in [-0.2, 0) is 4.79 Å². The van der Waals surface area contributed by atoms with Crippen LogP contribution in [0, 0.1) is 17.5 Å². The van der Waals surface area contributed by atoms with Gasteiger partial charge in [0.15, 0.2) is 0 Å². The van der Waals surface area contributed by atoms with E-state index in [2.05, 4.69) is 10.6 Å². The maximum absolute atomic E-state index is 13.8. The summed E-state index contributed by atoms with van der Waals surface area (Å²) in [4.78, 5) is 12.2. The molecule has 0 radical (unpaired) electrons. The Labute approximate surface area is 142 Å². The molecule has 0 aliphatic rings. The number of nitrogens with one attached hydrogen (secondary N) is 2. The highest BCUT2D eigenvalue weighted by atomic mass is 35.5. The van der Waals surface area contributed by atoms with Crippen molar-refractivity contribution in [3.8, 4) is 0 Å². The van der Waals surface area contributed by atoms with Gasteiger partial charge in [0.1, 0.15) is 17.5 Å². The molecule has 2 aromatic rings. The Morgan fingerprint density at radius 3 is 2.29 bits per heavy atom. The van der Waals surface area contributed by atoms with Crippen LogP contribution in [0.3, 0.4) is 0 Å². The molecule has 0 aromatic heterocycles. The summed E-state index contributed by atoms with van der Waals surface area (Å²) in [6, 6.07) is 5.67. The van der Waals surface area contributed by atoms with Gasteiger partial charge in [0.25, 0.3) is 0 Å². The fourth-order valence-electron chi connectivity index (χ4n) is 2.22. The molecule has 128 valence electrons. The Bertz CT molecular complexity index is 755. The summed E-state index contributed by atoms with van der Waals surface area (Å²) in [5.74, 6) is -2.29. The van der Waals surface area contributed by atoms with Gasteiger partial charge >= 0.3 is 0 Å². The lowest BCUT2D eigenvalue weighted by Gasteiger charge is -2.20. The van der Waals surface area contributed by atoms with E-state index in [4.69, 9.17) is 11.6 Å². The third kappa shape index (κ3) is 4.49. The van der Waals surface area contributed by atoms with Crippen molar-refractivity contribution >= 4 is 23.2 Å². The molecule has 0 aliphatic heterocycles. The van der Waals surface area contributed by atoms with Crippen molar-refractivity contribution in [2.24, 2.45) is 0 Å². The zero-order chi connectivity index (χ0) is 17.9. The summed E-state index contributed by atoms with van der Waals surface area (Å²) in [5, 5.41) is 5.56. The van der Waals surface area contributed by atoms with E-state index in [0.717, 1.165) is 18.2 Å². The first-order valence-corrected chi connectivity index (χ1v) is 7.62. The van der Waals surface area contributed by atoms with Crippen molar-refractivity contribution in [2.75, 3.05) is 5.32 Å². The van der Waals surface area contributed by atoms with Crippen LogP contribution in [0.4, 0.5) is 18.9 Å². The van der Waals surface area contributed by atoms with E-state index in [1.165, 1.54) is 18.2 Å². The number of halogens is 4. The van der Waals surface area contributed by atoms with E-state index in [1.807, 2.05) is 0 Å². The van der Waals surface area contributed by atoms with Gasteiger partial charge in [-0.2, -0.15) is 0 Å². The van der Waals surface area contributed by atoms with Crippen LogP contribution < -0.4 is 10.6 Å². The van der Waals surface area contributed by atoms with Gasteiger partial charge in [-0.3, -0.25) is 10.1 Å². The van der Waals surface area contributed by atoms with Crippen LogP contribution in [0.1, 0.15) is 25.5 Å². The van der Waals surface area contributed by atoms with Crippen LogP contribution in [0.5, 0.6) is 0 Å². The van der Waals surface area contributed by atoms with Crippen LogP contribution >= 0.6 is 11.6 Å². The van der Waals surface area contributed by atoms with Gasteiger partial charge in [0, 0.05) is 17.7 Å². The third-order valence-electron chi connectivity index (χ3n) is 3.51. The molecule has 0 fully saturated rings. The Balaban J connectivity index is 2.02. The molecular formula is C17H16ClF3N2O. The Morgan fingerprint density at radius 2 is 1.67 bits per heavy atom. The molecule has 0 aliphatic carbocycles.